The van der Waals surface area contributed by atoms with Gasteiger partial charge in [0, 0.05) is 31.7 Å². The van der Waals surface area contributed by atoms with Gasteiger partial charge in [0.05, 0.1) is 0 Å². The minimum atomic E-state index is -0.267. The Labute approximate surface area is 103 Å². The first-order chi connectivity index (χ1) is 8.69. The zero-order chi connectivity index (χ0) is 12.7. The highest BCUT2D eigenvalue weighted by Gasteiger charge is 2.23. The molecule has 7 nitrogen and oxygen atoms in total. The van der Waals surface area contributed by atoms with Crippen molar-refractivity contribution in [2.24, 2.45) is 5.92 Å². The van der Waals surface area contributed by atoms with E-state index in [2.05, 4.69) is 20.1 Å². The predicted octanol–water partition coefficient (Wildman–Crippen LogP) is -0.455. The Bertz CT molecular complexity index is 632. The molecule has 18 heavy (non-hydrogen) atoms. The largest absolute Gasteiger partial charge is 0.396 e. The molecule has 1 aliphatic rings. The van der Waals surface area contributed by atoms with Crippen LogP contribution in [0.3, 0.4) is 0 Å². The van der Waals surface area contributed by atoms with Crippen LogP contribution in [-0.4, -0.2) is 44.4 Å². The maximum atomic E-state index is 11.5. The molecule has 96 valence electrons. The second-order valence-electron chi connectivity index (χ2n) is 4.67. The summed E-state index contributed by atoms with van der Waals surface area (Å²) in [5.41, 5.74) is 0.311. The summed E-state index contributed by atoms with van der Waals surface area (Å²) in [6.07, 6.45) is 0.968. The molecule has 0 spiro atoms. The van der Waals surface area contributed by atoms with Gasteiger partial charge >= 0.3 is 5.69 Å². The first-order valence-electron chi connectivity index (χ1n) is 5.99. The lowest BCUT2D eigenvalue weighted by Crippen LogP contribution is -2.23. The predicted molar refractivity (Wildman–Crippen MR) is 65.8 cm³/mol. The highest BCUT2D eigenvalue weighted by Crippen LogP contribution is 2.22. The number of fused-ring (bicyclic) bond motifs is 1. The van der Waals surface area contributed by atoms with Gasteiger partial charge in [0.2, 0.25) is 0 Å². The number of aliphatic hydroxyl groups is 1. The van der Waals surface area contributed by atoms with E-state index >= 15 is 0 Å². The van der Waals surface area contributed by atoms with Gasteiger partial charge in [-0.25, -0.2) is 19.3 Å². The molecule has 2 aromatic heterocycles. The zero-order valence-electron chi connectivity index (χ0n) is 10.1. The van der Waals surface area contributed by atoms with Gasteiger partial charge in [0.15, 0.2) is 5.65 Å². The Morgan fingerprint density at radius 1 is 1.61 bits per heavy atom. The number of nitrogens with one attached hydrogen (secondary N) is 1. The third kappa shape index (κ3) is 1.67. The SMILES string of the molecule is Cc1nc(N2CCC(CO)C2)cc2n[nH]c(=O)n12. The number of aromatic nitrogens is 4. The van der Waals surface area contributed by atoms with Crippen LogP contribution in [0.5, 0.6) is 0 Å². The van der Waals surface area contributed by atoms with E-state index in [0.717, 1.165) is 25.3 Å². The van der Waals surface area contributed by atoms with Crippen molar-refractivity contribution in [1.82, 2.24) is 19.6 Å². The number of aromatic amines is 1. The Morgan fingerprint density at radius 2 is 2.44 bits per heavy atom. The number of aliphatic hydroxyl groups excluding tert-OH is 1. The second kappa shape index (κ2) is 4.09. The fraction of sp³-hybridized carbons (Fsp3) is 0.545. The fourth-order valence-corrected chi connectivity index (χ4v) is 2.43. The molecular weight excluding hydrogens is 234 g/mol. The molecule has 2 N–H and O–H groups in total. The summed E-state index contributed by atoms with van der Waals surface area (Å²) in [4.78, 5) is 18.0. The molecule has 1 aliphatic heterocycles. The molecule has 1 fully saturated rings. The lowest BCUT2D eigenvalue weighted by atomic mass is 10.1. The van der Waals surface area contributed by atoms with Gasteiger partial charge in [-0.15, -0.1) is 0 Å². The van der Waals surface area contributed by atoms with Crippen LogP contribution in [0.25, 0.3) is 5.65 Å². The highest BCUT2D eigenvalue weighted by atomic mass is 16.3. The van der Waals surface area contributed by atoms with Crippen molar-refractivity contribution in [2.45, 2.75) is 13.3 Å². The van der Waals surface area contributed by atoms with E-state index in [1.807, 2.05) is 0 Å². The van der Waals surface area contributed by atoms with E-state index in [-0.39, 0.29) is 12.3 Å². The molecule has 3 rings (SSSR count). The number of H-pyrrole nitrogens is 1. The van der Waals surface area contributed by atoms with Gasteiger partial charge in [-0.2, -0.15) is 5.10 Å². The van der Waals surface area contributed by atoms with Crippen LogP contribution in [-0.2, 0) is 0 Å². The van der Waals surface area contributed by atoms with E-state index in [1.165, 1.54) is 4.40 Å². The van der Waals surface area contributed by atoms with Crippen molar-refractivity contribution in [3.8, 4) is 0 Å². The lowest BCUT2D eigenvalue weighted by molar-refractivity contribution is 0.238. The summed E-state index contributed by atoms with van der Waals surface area (Å²) in [6, 6.07) is 1.80. The molecule has 7 heteroatoms. The van der Waals surface area contributed by atoms with E-state index in [9.17, 15) is 4.79 Å². The van der Waals surface area contributed by atoms with Crippen molar-refractivity contribution in [3.63, 3.8) is 0 Å². The van der Waals surface area contributed by atoms with Crippen molar-refractivity contribution >= 4 is 11.5 Å². The molecule has 1 atom stereocenters. The minimum absolute atomic E-state index is 0.208. The molecule has 0 aromatic carbocycles. The van der Waals surface area contributed by atoms with Crippen molar-refractivity contribution in [3.05, 3.63) is 22.4 Å². The summed E-state index contributed by atoms with van der Waals surface area (Å²) < 4.78 is 1.45. The Balaban J connectivity index is 2.01. The van der Waals surface area contributed by atoms with Gasteiger partial charge in [0.25, 0.3) is 0 Å². The van der Waals surface area contributed by atoms with E-state index in [1.54, 1.807) is 13.0 Å². The van der Waals surface area contributed by atoms with E-state index in [4.69, 9.17) is 5.11 Å². The molecule has 2 aromatic rings. The second-order valence-corrected chi connectivity index (χ2v) is 4.67. The van der Waals surface area contributed by atoms with Crippen LogP contribution < -0.4 is 10.6 Å². The molecule has 1 unspecified atom stereocenters. The zero-order valence-corrected chi connectivity index (χ0v) is 10.1. The average molecular weight is 249 g/mol. The summed E-state index contributed by atoms with van der Waals surface area (Å²) in [5.74, 6) is 1.74. The van der Waals surface area contributed by atoms with E-state index in [0.29, 0.717) is 17.4 Å². The number of aryl methyl sites for hydroxylation is 1. The number of anilines is 1. The molecule has 0 aliphatic carbocycles. The lowest BCUT2D eigenvalue weighted by Gasteiger charge is -2.17. The summed E-state index contributed by atoms with van der Waals surface area (Å²) >= 11 is 0. The van der Waals surface area contributed by atoms with Crippen LogP contribution in [0.15, 0.2) is 10.9 Å². The van der Waals surface area contributed by atoms with Crippen LogP contribution >= 0.6 is 0 Å². The molecule has 0 saturated carbocycles. The van der Waals surface area contributed by atoms with Crippen LogP contribution in [0.2, 0.25) is 0 Å². The average Bonchev–Trinajstić information content (AvgIpc) is 2.96. The molecule has 0 amide bonds. The standard InChI is InChI=1S/C11H15N5O2/c1-7-12-9(15-3-2-8(5-15)6-17)4-10-13-14-11(18)16(7)10/h4,8,17H,2-3,5-6H2,1H3,(H,14,18). The van der Waals surface area contributed by atoms with Crippen molar-refractivity contribution < 1.29 is 5.11 Å². The van der Waals surface area contributed by atoms with Gasteiger partial charge in [-0.05, 0) is 13.3 Å². The third-order valence-corrected chi connectivity index (χ3v) is 3.42. The van der Waals surface area contributed by atoms with Gasteiger partial charge in [-0.3, -0.25) is 0 Å². The van der Waals surface area contributed by atoms with Gasteiger partial charge in [0.1, 0.15) is 11.6 Å². The summed E-state index contributed by atoms with van der Waals surface area (Å²) in [5, 5.41) is 15.5. The summed E-state index contributed by atoms with van der Waals surface area (Å²) in [6.45, 7) is 3.67. The smallest absolute Gasteiger partial charge is 0.349 e. The first-order valence-corrected chi connectivity index (χ1v) is 5.99. The molecular formula is C11H15N5O2. The fourth-order valence-electron chi connectivity index (χ4n) is 2.43. The number of hydrogen-bond donors (Lipinski definition) is 2. The van der Waals surface area contributed by atoms with Gasteiger partial charge < -0.3 is 10.0 Å². The van der Waals surface area contributed by atoms with Crippen LogP contribution in [0, 0.1) is 12.8 Å². The normalized spacial score (nSPS) is 19.9. The Hall–Kier alpha value is -1.89. The van der Waals surface area contributed by atoms with Crippen LogP contribution in [0.1, 0.15) is 12.2 Å². The van der Waals surface area contributed by atoms with Gasteiger partial charge in [-0.1, -0.05) is 0 Å². The Morgan fingerprint density at radius 3 is 3.17 bits per heavy atom. The van der Waals surface area contributed by atoms with Crippen LogP contribution in [0.4, 0.5) is 5.82 Å². The molecule has 3 heterocycles. The monoisotopic (exact) mass is 249 g/mol. The van der Waals surface area contributed by atoms with E-state index < -0.39 is 0 Å². The molecule has 0 bridgehead atoms. The maximum absolute atomic E-state index is 11.5. The third-order valence-electron chi connectivity index (χ3n) is 3.42. The molecule has 0 radical (unpaired) electrons. The highest BCUT2D eigenvalue weighted by molar-refractivity contribution is 5.51. The Kier molecular flexibility index (Phi) is 2.55. The first kappa shape index (κ1) is 11.2. The maximum Gasteiger partial charge on any atom is 0.349 e. The minimum Gasteiger partial charge on any atom is -0.396 e. The molecule has 1 saturated heterocycles. The van der Waals surface area contributed by atoms with Crippen molar-refractivity contribution in [2.75, 3.05) is 24.6 Å². The topological polar surface area (TPSA) is 86.5 Å². The number of nitrogens with zero attached hydrogens (tertiary/aromatic N) is 4. The van der Waals surface area contributed by atoms with Crippen molar-refractivity contribution in [1.29, 1.82) is 0 Å². The number of hydrogen-bond acceptors (Lipinski definition) is 5. The summed E-state index contributed by atoms with van der Waals surface area (Å²) in [7, 11) is 0. The quantitative estimate of drug-likeness (QED) is 0.752. The number of rotatable bonds is 2.